The van der Waals surface area contributed by atoms with Crippen LogP contribution < -0.4 is 0 Å². The van der Waals surface area contributed by atoms with Crippen molar-refractivity contribution in [3.63, 3.8) is 0 Å². The number of aromatic nitrogens is 3. The van der Waals surface area contributed by atoms with Crippen LogP contribution in [0.1, 0.15) is 0 Å². The Balaban J connectivity index is 0.941. The molecule has 0 amide bonds. The molecule has 0 spiro atoms. The van der Waals surface area contributed by atoms with E-state index >= 15 is 0 Å². The van der Waals surface area contributed by atoms with Gasteiger partial charge in [0.2, 0.25) is 0 Å². The molecule has 79 heavy (non-hydrogen) atoms. The lowest BCUT2D eigenvalue weighted by molar-refractivity contribution is 1.33. The Morgan fingerprint density at radius 2 is 0.620 bits per heavy atom. The van der Waals surface area contributed by atoms with Crippen molar-refractivity contribution >= 4 is 31.6 Å². The number of thiophene rings is 1. The molecule has 14 aromatic rings. The van der Waals surface area contributed by atoms with E-state index in [0.717, 1.165) is 116 Å². The third kappa shape index (κ3) is 9.31. The molecule has 0 aliphatic carbocycles. The normalized spacial score (nSPS) is 11.3. The number of fused-ring (bicyclic) bond motifs is 3. The lowest BCUT2D eigenvalue weighted by Gasteiger charge is -2.19. The highest BCUT2D eigenvalue weighted by Gasteiger charge is 2.20. The van der Waals surface area contributed by atoms with Crippen molar-refractivity contribution in [3.8, 4) is 123 Å². The first kappa shape index (κ1) is 47.3. The zero-order valence-corrected chi connectivity index (χ0v) is 43.9. The van der Waals surface area contributed by atoms with Crippen molar-refractivity contribution in [1.82, 2.24) is 15.0 Å². The van der Waals surface area contributed by atoms with Gasteiger partial charge in [0, 0.05) is 44.6 Å². The molecule has 10 aromatic carbocycles. The Labute approximate surface area is 464 Å². The van der Waals surface area contributed by atoms with Crippen LogP contribution in [-0.2, 0) is 0 Å². The number of benzene rings is 10. The van der Waals surface area contributed by atoms with Crippen molar-refractivity contribution < 1.29 is 0 Å². The molecule has 14 rings (SSSR count). The van der Waals surface area contributed by atoms with Crippen LogP contribution in [0.5, 0.6) is 0 Å². The molecule has 0 saturated carbocycles. The summed E-state index contributed by atoms with van der Waals surface area (Å²) in [6, 6.07) is 103. The number of pyridine rings is 3. The minimum Gasteiger partial charge on any atom is -0.256 e. The van der Waals surface area contributed by atoms with Crippen molar-refractivity contribution in [3.05, 3.63) is 298 Å². The van der Waals surface area contributed by atoms with E-state index in [1.807, 2.05) is 36.7 Å². The largest absolute Gasteiger partial charge is 0.256 e. The first-order chi connectivity index (χ1) is 39.1. The molecular formula is C75H49N3S. The Morgan fingerprint density at radius 1 is 0.215 bits per heavy atom. The van der Waals surface area contributed by atoms with Crippen LogP contribution in [0.2, 0.25) is 0 Å². The zero-order valence-electron chi connectivity index (χ0n) is 43.0. The molecule has 0 saturated heterocycles. The SMILES string of the molecule is c1ccc(-c2ccc(-c3cc(-c4ccc5c(n4)sc4ccccc45)ccc3-c3ccccc3-c3cc(-c4ccccc4-c4ccc(-c5ccccn5)cc4)cc(-c4ccccc4-c4ccc(-c5ccccn5)cc4)c3)cc2)cc1. The Kier molecular flexibility index (Phi) is 12.4. The van der Waals surface area contributed by atoms with Gasteiger partial charge < -0.3 is 0 Å². The molecule has 0 atom stereocenters. The van der Waals surface area contributed by atoms with E-state index < -0.39 is 0 Å². The van der Waals surface area contributed by atoms with Crippen molar-refractivity contribution in [2.24, 2.45) is 0 Å². The van der Waals surface area contributed by atoms with Crippen LogP contribution in [0, 0.1) is 0 Å². The molecule has 3 nitrogen and oxygen atoms in total. The van der Waals surface area contributed by atoms with Gasteiger partial charge in [-0.25, -0.2) is 4.98 Å². The van der Waals surface area contributed by atoms with Gasteiger partial charge in [-0.3, -0.25) is 9.97 Å². The second-order valence-corrected chi connectivity index (χ2v) is 20.9. The van der Waals surface area contributed by atoms with E-state index in [4.69, 9.17) is 4.98 Å². The molecule has 4 heterocycles. The molecule has 370 valence electrons. The summed E-state index contributed by atoms with van der Waals surface area (Å²) in [5, 5.41) is 2.44. The monoisotopic (exact) mass is 1020 g/mol. The summed E-state index contributed by atoms with van der Waals surface area (Å²) < 4.78 is 1.25. The maximum atomic E-state index is 5.32. The summed E-state index contributed by atoms with van der Waals surface area (Å²) in [5.41, 5.74) is 24.4. The van der Waals surface area contributed by atoms with Gasteiger partial charge in [0.25, 0.3) is 0 Å². The van der Waals surface area contributed by atoms with E-state index in [2.05, 4.69) is 271 Å². The molecular weight excluding hydrogens is 975 g/mol. The summed E-state index contributed by atoms with van der Waals surface area (Å²) in [6.45, 7) is 0. The summed E-state index contributed by atoms with van der Waals surface area (Å²) in [5.74, 6) is 0. The molecule has 0 N–H and O–H groups in total. The second kappa shape index (κ2) is 20.8. The highest BCUT2D eigenvalue weighted by molar-refractivity contribution is 7.25. The minimum absolute atomic E-state index is 0.952. The Bertz CT molecular complexity index is 4350. The van der Waals surface area contributed by atoms with Gasteiger partial charge in [-0.2, -0.15) is 0 Å². The van der Waals surface area contributed by atoms with Crippen molar-refractivity contribution in [1.29, 1.82) is 0 Å². The molecule has 4 heteroatoms. The topological polar surface area (TPSA) is 38.7 Å². The van der Waals surface area contributed by atoms with Gasteiger partial charge in [0.1, 0.15) is 4.83 Å². The minimum atomic E-state index is 0.952. The summed E-state index contributed by atoms with van der Waals surface area (Å²) in [7, 11) is 0. The van der Waals surface area contributed by atoms with E-state index in [0.29, 0.717) is 0 Å². The smallest absolute Gasteiger partial charge is 0.125 e. The number of nitrogens with zero attached hydrogens (tertiary/aromatic N) is 3. The van der Waals surface area contributed by atoms with E-state index in [-0.39, 0.29) is 0 Å². The van der Waals surface area contributed by atoms with Crippen LogP contribution in [-0.4, -0.2) is 15.0 Å². The van der Waals surface area contributed by atoms with Crippen LogP contribution in [0.25, 0.3) is 143 Å². The predicted octanol–water partition coefficient (Wildman–Crippen LogP) is 20.6. The first-order valence-electron chi connectivity index (χ1n) is 26.7. The average Bonchev–Trinajstić information content (AvgIpc) is 4.01. The third-order valence-corrected chi connectivity index (χ3v) is 16.2. The van der Waals surface area contributed by atoms with E-state index in [9.17, 15) is 0 Å². The molecule has 0 fully saturated rings. The van der Waals surface area contributed by atoms with Crippen molar-refractivity contribution in [2.75, 3.05) is 0 Å². The van der Waals surface area contributed by atoms with Crippen LogP contribution in [0.15, 0.2) is 298 Å². The fourth-order valence-electron chi connectivity index (χ4n) is 11.2. The molecule has 4 aromatic heterocycles. The Morgan fingerprint density at radius 3 is 1.16 bits per heavy atom. The number of hydrogen-bond donors (Lipinski definition) is 0. The quantitative estimate of drug-likeness (QED) is 0.130. The summed E-state index contributed by atoms with van der Waals surface area (Å²) in [6.07, 6.45) is 3.70. The van der Waals surface area contributed by atoms with Gasteiger partial charge in [0.15, 0.2) is 0 Å². The predicted molar refractivity (Wildman–Crippen MR) is 333 cm³/mol. The van der Waals surface area contributed by atoms with E-state index in [1.54, 1.807) is 11.3 Å². The summed E-state index contributed by atoms with van der Waals surface area (Å²) >= 11 is 1.75. The summed E-state index contributed by atoms with van der Waals surface area (Å²) in [4.78, 5) is 15.6. The fourth-order valence-corrected chi connectivity index (χ4v) is 12.2. The third-order valence-electron chi connectivity index (χ3n) is 15.1. The van der Waals surface area contributed by atoms with Crippen LogP contribution in [0.4, 0.5) is 0 Å². The van der Waals surface area contributed by atoms with E-state index in [1.165, 1.54) is 26.6 Å². The van der Waals surface area contributed by atoms with Gasteiger partial charge in [-0.05, 0) is 156 Å². The maximum absolute atomic E-state index is 5.32. The molecule has 0 unspecified atom stereocenters. The second-order valence-electron chi connectivity index (χ2n) is 19.9. The lowest BCUT2D eigenvalue weighted by atomic mass is 9.84. The van der Waals surface area contributed by atoms with Gasteiger partial charge in [0.05, 0.1) is 17.1 Å². The van der Waals surface area contributed by atoms with Gasteiger partial charge >= 0.3 is 0 Å². The molecule has 0 radical (unpaired) electrons. The average molecular weight is 1020 g/mol. The van der Waals surface area contributed by atoms with Crippen molar-refractivity contribution in [2.45, 2.75) is 0 Å². The molecule has 0 aliphatic rings. The van der Waals surface area contributed by atoms with Gasteiger partial charge in [-0.1, -0.05) is 218 Å². The molecule has 0 bridgehead atoms. The standard InChI is InChI=1S/C75H49N3S/c1-2-16-50(17-3-1)51-28-30-54(31-29-51)70-49-57(73-43-42-69-68-24-10-11-27-74(68)79-75(69)78-73)40-41-67(70)66-23-9-8-22-65(66)60-47-58(63-20-6-4-18-61(63)52-32-36-55(37-33-52)71-25-12-14-44-76-71)46-59(48-60)64-21-7-5-19-62(64)53-34-38-56(39-35-53)72-26-13-15-45-77-72/h1-49H. The lowest BCUT2D eigenvalue weighted by Crippen LogP contribution is -1.94. The maximum Gasteiger partial charge on any atom is 0.125 e. The fraction of sp³-hybridized carbons (Fsp3) is 0. The van der Waals surface area contributed by atoms with Crippen LogP contribution >= 0.6 is 11.3 Å². The van der Waals surface area contributed by atoms with Crippen LogP contribution in [0.3, 0.4) is 0 Å². The number of rotatable bonds is 11. The Hall–Kier alpha value is -10.1. The van der Waals surface area contributed by atoms with Gasteiger partial charge in [-0.15, -0.1) is 11.3 Å². The highest BCUT2D eigenvalue weighted by Crippen LogP contribution is 2.45. The first-order valence-corrected chi connectivity index (χ1v) is 27.5. The highest BCUT2D eigenvalue weighted by atomic mass is 32.1. The molecule has 0 aliphatic heterocycles. The number of hydrogen-bond acceptors (Lipinski definition) is 4. The zero-order chi connectivity index (χ0) is 52.5.